The van der Waals surface area contributed by atoms with Crippen molar-refractivity contribution in [3.05, 3.63) is 90.1 Å². The number of hydrogen-bond donors (Lipinski definition) is 2. The number of benzene rings is 3. The molecule has 0 atom stereocenters. The Hall–Kier alpha value is -4.43. The predicted molar refractivity (Wildman–Crippen MR) is 155 cm³/mol. The highest BCUT2D eigenvalue weighted by Gasteiger charge is 2.22. The van der Waals surface area contributed by atoms with Crippen LogP contribution in [0.15, 0.2) is 79.0 Å². The van der Waals surface area contributed by atoms with Gasteiger partial charge in [0.1, 0.15) is 5.82 Å². The monoisotopic (exact) mass is 504 g/mol. The molecule has 0 radical (unpaired) electrons. The zero-order chi connectivity index (χ0) is 26.1. The van der Waals surface area contributed by atoms with Crippen molar-refractivity contribution in [3.63, 3.8) is 0 Å². The number of H-pyrrole nitrogens is 1. The van der Waals surface area contributed by atoms with Crippen LogP contribution in [0.4, 0.5) is 34.8 Å². The first-order valence-electron chi connectivity index (χ1n) is 13.0. The number of para-hydroxylation sites is 3. The first-order chi connectivity index (χ1) is 18.5. The lowest BCUT2D eigenvalue weighted by Crippen LogP contribution is -2.44. The summed E-state index contributed by atoms with van der Waals surface area (Å²) in [4.78, 5) is 24.7. The van der Waals surface area contributed by atoms with Gasteiger partial charge in [0.15, 0.2) is 0 Å². The van der Waals surface area contributed by atoms with Gasteiger partial charge in [-0.2, -0.15) is 4.98 Å². The molecule has 1 saturated heterocycles. The number of nitrogens with one attached hydrogen (secondary N) is 2. The van der Waals surface area contributed by atoms with Gasteiger partial charge in [-0.15, -0.1) is 0 Å². The average molecular weight is 505 g/mol. The summed E-state index contributed by atoms with van der Waals surface area (Å²) in [7, 11) is 2.17. The Balaban J connectivity index is 1.32. The minimum Gasteiger partial charge on any atom is -0.369 e. The van der Waals surface area contributed by atoms with Crippen LogP contribution in [-0.4, -0.2) is 58.1 Å². The SMILES string of the molecule is Cc1cccc(C)c1N(c1ccnc(Nc2ccc(N3CCN(C)CC3)cc2)n1)c1nc2ccccc2[nH]1. The zero-order valence-corrected chi connectivity index (χ0v) is 22.0. The van der Waals surface area contributed by atoms with E-state index in [2.05, 4.69) is 93.3 Å². The molecule has 6 rings (SSSR count). The fourth-order valence-corrected chi connectivity index (χ4v) is 5.02. The van der Waals surface area contributed by atoms with Gasteiger partial charge in [0, 0.05) is 49.8 Å². The van der Waals surface area contributed by atoms with Crippen LogP contribution in [0, 0.1) is 13.8 Å². The molecule has 0 amide bonds. The molecular weight excluding hydrogens is 472 g/mol. The van der Waals surface area contributed by atoms with Gasteiger partial charge in [-0.1, -0.05) is 30.3 Å². The lowest BCUT2D eigenvalue weighted by Gasteiger charge is -2.34. The summed E-state index contributed by atoms with van der Waals surface area (Å²) >= 11 is 0. The molecule has 0 aliphatic carbocycles. The quantitative estimate of drug-likeness (QED) is 0.297. The Kier molecular flexibility index (Phi) is 6.39. The number of rotatable bonds is 6. The van der Waals surface area contributed by atoms with Gasteiger partial charge in [-0.3, -0.25) is 4.90 Å². The van der Waals surface area contributed by atoms with Crippen molar-refractivity contribution < 1.29 is 0 Å². The average Bonchev–Trinajstić information content (AvgIpc) is 3.36. The number of hydrogen-bond acceptors (Lipinski definition) is 7. The van der Waals surface area contributed by atoms with Crippen LogP contribution in [0.2, 0.25) is 0 Å². The van der Waals surface area contributed by atoms with E-state index in [1.807, 2.05) is 30.3 Å². The third kappa shape index (κ3) is 4.78. The minimum atomic E-state index is 0.530. The maximum absolute atomic E-state index is 4.92. The molecule has 192 valence electrons. The number of aromatic nitrogens is 4. The summed E-state index contributed by atoms with van der Waals surface area (Å²) < 4.78 is 0. The lowest BCUT2D eigenvalue weighted by atomic mass is 10.1. The highest BCUT2D eigenvalue weighted by molar-refractivity contribution is 5.83. The second-order valence-corrected chi connectivity index (χ2v) is 9.85. The molecule has 2 aromatic heterocycles. The van der Waals surface area contributed by atoms with Crippen LogP contribution in [-0.2, 0) is 0 Å². The standard InChI is InChI=1S/C30H32N8/c1-21-7-6-8-22(2)28(21)38(30-33-25-9-4-5-10-26(25)34-30)27-15-16-31-29(35-27)32-23-11-13-24(14-12-23)37-19-17-36(3)18-20-37/h4-16H,17-20H2,1-3H3,(H,33,34)(H,31,32,35). The third-order valence-corrected chi connectivity index (χ3v) is 7.11. The second-order valence-electron chi connectivity index (χ2n) is 9.85. The highest BCUT2D eigenvalue weighted by atomic mass is 15.3. The molecular formula is C30H32N8. The smallest absolute Gasteiger partial charge is 0.229 e. The van der Waals surface area contributed by atoms with Crippen molar-refractivity contribution in [1.29, 1.82) is 0 Å². The molecule has 0 unspecified atom stereocenters. The van der Waals surface area contributed by atoms with Gasteiger partial charge in [0.2, 0.25) is 11.9 Å². The predicted octanol–water partition coefficient (Wildman–Crippen LogP) is 5.93. The molecule has 3 heterocycles. The molecule has 0 saturated carbocycles. The van der Waals surface area contributed by atoms with Crippen LogP contribution in [0.25, 0.3) is 11.0 Å². The van der Waals surface area contributed by atoms with E-state index >= 15 is 0 Å². The van der Waals surface area contributed by atoms with E-state index in [0.717, 1.165) is 65.5 Å². The molecule has 5 aromatic rings. The number of fused-ring (bicyclic) bond motifs is 1. The number of aryl methyl sites for hydroxylation is 2. The fourth-order valence-electron chi connectivity index (χ4n) is 5.02. The molecule has 2 N–H and O–H groups in total. The maximum Gasteiger partial charge on any atom is 0.229 e. The first-order valence-corrected chi connectivity index (χ1v) is 13.0. The third-order valence-electron chi connectivity index (χ3n) is 7.11. The summed E-state index contributed by atoms with van der Waals surface area (Å²) in [5.74, 6) is 1.97. The Morgan fingerprint density at radius 1 is 0.816 bits per heavy atom. The topological polar surface area (TPSA) is 76.2 Å². The van der Waals surface area contributed by atoms with Gasteiger partial charge < -0.3 is 20.1 Å². The Morgan fingerprint density at radius 3 is 2.29 bits per heavy atom. The van der Waals surface area contributed by atoms with Gasteiger partial charge in [-0.05, 0) is 68.4 Å². The molecule has 38 heavy (non-hydrogen) atoms. The van der Waals surface area contributed by atoms with Gasteiger partial charge in [-0.25, -0.2) is 9.97 Å². The number of likely N-dealkylation sites (N-methyl/N-ethyl adjacent to an activating group) is 1. The summed E-state index contributed by atoms with van der Waals surface area (Å²) in [6, 6.07) is 24.8. The molecule has 0 spiro atoms. The number of nitrogens with zero attached hydrogens (tertiary/aromatic N) is 6. The van der Waals surface area contributed by atoms with Gasteiger partial charge in [0.05, 0.1) is 16.7 Å². The van der Waals surface area contributed by atoms with Crippen molar-refractivity contribution >= 4 is 45.8 Å². The minimum absolute atomic E-state index is 0.530. The van der Waals surface area contributed by atoms with E-state index in [9.17, 15) is 0 Å². The van der Waals surface area contributed by atoms with Crippen LogP contribution >= 0.6 is 0 Å². The van der Waals surface area contributed by atoms with E-state index in [-0.39, 0.29) is 0 Å². The Labute approximate surface area is 223 Å². The summed E-state index contributed by atoms with van der Waals surface area (Å²) in [6.45, 7) is 8.49. The first kappa shape index (κ1) is 23.9. The summed E-state index contributed by atoms with van der Waals surface area (Å²) in [6.07, 6.45) is 1.78. The summed E-state index contributed by atoms with van der Waals surface area (Å²) in [5, 5.41) is 3.39. The maximum atomic E-state index is 4.92. The van der Waals surface area contributed by atoms with Crippen molar-refractivity contribution in [3.8, 4) is 0 Å². The number of aromatic amines is 1. The number of anilines is 6. The van der Waals surface area contributed by atoms with E-state index in [0.29, 0.717) is 11.9 Å². The van der Waals surface area contributed by atoms with Crippen molar-refractivity contribution in [1.82, 2.24) is 24.8 Å². The van der Waals surface area contributed by atoms with Crippen LogP contribution < -0.4 is 15.1 Å². The Bertz CT molecular complexity index is 1500. The zero-order valence-electron chi connectivity index (χ0n) is 22.0. The van der Waals surface area contributed by atoms with E-state index in [1.165, 1.54) is 5.69 Å². The number of piperazine rings is 1. The molecule has 8 nitrogen and oxygen atoms in total. The molecule has 1 aliphatic heterocycles. The van der Waals surface area contributed by atoms with Crippen LogP contribution in [0.3, 0.4) is 0 Å². The largest absolute Gasteiger partial charge is 0.369 e. The highest BCUT2D eigenvalue weighted by Crippen LogP contribution is 2.37. The molecule has 8 heteroatoms. The molecule has 1 aliphatic rings. The molecule has 1 fully saturated rings. The molecule has 0 bridgehead atoms. The van der Waals surface area contributed by atoms with Gasteiger partial charge in [0.25, 0.3) is 0 Å². The lowest BCUT2D eigenvalue weighted by molar-refractivity contribution is 0.313. The van der Waals surface area contributed by atoms with Crippen LogP contribution in [0.1, 0.15) is 11.1 Å². The van der Waals surface area contributed by atoms with E-state index in [1.54, 1.807) is 6.20 Å². The fraction of sp³-hybridized carbons (Fsp3) is 0.233. The normalized spacial score (nSPS) is 14.1. The Morgan fingerprint density at radius 2 is 1.55 bits per heavy atom. The van der Waals surface area contributed by atoms with Crippen molar-refractivity contribution in [2.24, 2.45) is 0 Å². The van der Waals surface area contributed by atoms with Gasteiger partial charge >= 0.3 is 0 Å². The van der Waals surface area contributed by atoms with Crippen molar-refractivity contribution in [2.75, 3.05) is 48.3 Å². The second kappa shape index (κ2) is 10.1. The number of imidazole rings is 1. The molecule has 3 aromatic carbocycles. The van der Waals surface area contributed by atoms with Crippen LogP contribution in [0.5, 0.6) is 0 Å². The van der Waals surface area contributed by atoms with E-state index in [4.69, 9.17) is 9.97 Å². The summed E-state index contributed by atoms with van der Waals surface area (Å²) in [5.41, 5.74) is 7.40. The van der Waals surface area contributed by atoms with Crippen molar-refractivity contribution in [2.45, 2.75) is 13.8 Å². The van der Waals surface area contributed by atoms with E-state index < -0.39 is 0 Å².